The van der Waals surface area contributed by atoms with E-state index in [1.165, 1.54) is 24.5 Å². The Morgan fingerprint density at radius 3 is 2.47 bits per heavy atom. The van der Waals surface area contributed by atoms with Crippen molar-refractivity contribution in [2.24, 2.45) is 16.5 Å². The molecule has 6 N–H and O–H groups in total. The molecule has 1 heterocycles. The van der Waals surface area contributed by atoms with Gasteiger partial charge < -0.3 is 16.6 Å². The summed E-state index contributed by atoms with van der Waals surface area (Å²) in [5.74, 6) is -2.97. The van der Waals surface area contributed by atoms with Crippen molar-refractivity contribution in [3.63, 3.8) is 0 Å². The van der Waals surface area contributed by atoms with E-state index >= 15 is 0 Å². The highest BCUT2D eigenvalue weighted by Crippen LogP contribution is 2.24. The fraction of sp³-hybridized carbons (Fsp3) is 0.286. The third kappa shape index (κ3) is 6.47. The monoisotopic (exact) mass is 552 g/mol. The van der Waals surface area contributed by atoms with Crippen LogP contribution in [0.4, 0.5) is 0 Å². The number of imide groups is 1. The molecule has 2 aromatic rings. The van der Waals surface area contributed by atoms with Crippen LogP contribution in [0, 0.1) is 3.57 Å². The van der Waals surface area contributed by atoms with Crippen molar-refractivity contribution >= 4 is 46.3 Å². The molecule has 1 atom stereocenters. The first-order valence-corrected chi connectivity index (χ1v) is 10.8. The smallest absolute Gasteiger partial charge is 0.345 e. The highest BCUT2D eigenvalue weighted by molar-refractivity contribution is 14.1. The van der Waals surface area contributed by atoms with Gasteiger partial charge in [0.1, 0.15) is 0 Å². The molecule has 0 unspecified atom stereocenters. The van der Waals surface area contributed by atoms with Crippen LogP contribution < -0.4 is 16.8 Å². The van der Waals surface area contributed by atoms with E-state index in [4.69, 9.17) is 11.5 Å². The van der Waals surface area contributed by atoms with E-state index in [1.807, 2.05) is 24.3 Å². The summed E-state index contributed by atoms with van der Waals surface area (Å²) in [6.07, 6.45) is 2.88. The molecule has 170 valence electrons. The van der Waals surface area contributed by atoms with Gasteiger partial charge in [0.25, 0.3) is 5.91 Å². The lowest BCUT2D eigenvalue weighted by atomic mass is 9.98. The number of amides is 2. The van der Waals surface area contributed by atoms with Crippen LogP contribution in [0.15, 0.2) is 53.8 Å². The van der Waals surface area contributed by atoms with Crippen molar-refractivity contribution in [2.45, 2.75) is 32.0 Å². The van der Waals surface area contributed by atoms with E-state index < -0.39 is 23.4 Å². The minimum atomic E-state index is -2.02. The number of aromatic nitrogens is 1. The highest BCUT2D eigenvalue weighted by Gasteiger charge is 2.48. The lowest BCUT2D eigenvalue weighted by Gasteiger charge is -2.39. The zero-order valence-electron chi connectivity index (χ0n) is 17.5. The molecule has 32 heavy (non-hydrogen) atoms. The Labute approximate surface area is 199 Å². The molecule has 0 bridgehead atoms. The number of aliphatic carboxylic acids is 1. The second-order valence-corrected chi connectivity index (χ2v) is 8.20. The quantitative estimate of drug-likeness (QED) is 0.113. The maximum Gasteiger partial charge on any atom is 0.345 e. The molecular formula is C21H25IN6O4. The van der Waals surface area contributed by atoms with Gasteiger partial charge in [-0.25, -0.2) is 9.69 Å². The zero-order chi connectivity index (χ0) is 23.7. The number of nitrogens with two attached hydrogens (primary N) is 2. The van der Waals surface area contributed by atoms with Crippen molar-refractivity contribution in [3.05, 3.63) is 63.5 Å². The summed E-state index contributed by atoms with van der Waals surface area (Å²) < 4.78 is 0.965. The highest BCUT2D eigenvalue weighted by atomic mass is 127. The van der Waals surface area contributed by atoms with Gasteiger partial charge in [0.2, 0.25) is 11.6 Å². The Kier molecular flexibility index (Phi) is 9.08. The number of rotatable bonds is 10. The van der Waals surface area contributed by atoms with Crippen LogP contribution in [0.25, 0.3) is 0 Å². The van der Waals surface area contributed by atoms with Gasteiger partial charge >= 0.3 is 5.97 Å². The molecule has 10 nitrogen and oxygen atoms in total. The first kappa shape index (κ1) is 25.2. The second-order valence-electron chi connectivity index (χ2n) is 6.95. The molecule has 0 saturated heterocycles. The predicted molar refractivity (Wildman–Crippen MR) is 127 cm³/mol. The summed E-state index contributed by atoms with van der Waals surface area (Å²) in [6.45, 7) is 1.40. The molecular weight excluding hydrogens is 527 g/mol. The molecule has 0 spiro atoms. The summed E-state index contributed by atoms with van der Waals surface area (Å²) >= 11 is 2.15. The number of guanidine groups is 1. The van der Waals surface area contributed by atoms with Crippen molar-refractivity contribution in [2.75, 3.05) is 6.54 Å². The first-order valence-electron chi connectivity index (χ1n) is 9.71. The van der Waals surface area contributed by atoms with Gasteiger partial charge in [-0.3, -0.25) is 24.9 Å². The molecule has 0 radical (unpaired) electrons. The number of nitrogens with one attached hydrogen (secondary N) is 1. The van der Waals surface area contributed by atoms with E-state index in [1.54, 1.807) is 0 Å². The average Bonchev–Trinajstić information content (AvgIpc) is 2.74. The minimum absolute atomic E-state index is 0.110. The number of carbonyl (C=O) groups is 3. The second kappa shape index (κ2) is 11.5. The molecule has 11 heteroatoms. The SMILES string of the molecule is CC(=O)N(C(=O)c1ccncc1)[C@](CCCN=C(N)N)(NCc1cccc(I)c1)C(=O)O. The van der Waals surface area contributed by atoms with Crippen molar-refractivity contribution in [1.82, 2.24) is 15.2 Å². The van der Waals surface area contributed by atoms with Crippen molar-refractivity contribution in [3.8, 4) is 0 Å². The molecule has 0 aliphatic carbocycles. The van der Waals surface area contributed by atoms with Crippen LogP contribution in [0.1, 0.15) is 35.7 Å². The van der Waals surface area contributed by atoms with Gasteiger partial charge in [-0.1, -0.05) is 12.1 Å². The molecule has 0 aliphatic heterocycles. The van der Waals surface area contributed by atoms with Gasteiger partial charge in [0.15, 0.2) is 5.96 Å². The van der Waals surface area contributed by atoms with E-state index in [0.29, 0.717) is 0 Å². The fourth-order valence-electron chi connectivity index (χ4n) is 3.20. The number of carboxylic acids is 1. The van der Waals surface area contributed by atoms with Crippen molar-refractivity contribution < 1.29 is 19.5 Å². The Balaban J connectivity index is 2.47. The maximum atomic E-state index is 13.2. The Morgan fingerprint density at radius 2 is 1.91 bits per heavy atom. The summed E-state index contributed by atoms with van der Waals surface area (Å²) in [4.78, 5) is 47.0. The number of carbonyl (C=O) groups excluding carboxylic acids is 2. The van der Waals surface area contributed by atoms with E-state index in [-0.39, 0.29) is 37.5 Å². The van der Waals surface area contributed by atoms with Crippen LogP contribution in [0.5, 0.6) is 0 Å². The van der Waals surface area contributed by atoms with Gasteiger partial charge in [-0.2, -0.15) is 0 Å². The lowest BCUT2D eigenvalue weighted by Crippen LogP contribution is -2.67. The predicted octanol–water partition coefficient (Wildman–Crippen LogP) is 1.30. The molecule has 1 aromatic heterocycles. The normalized spacial score (nSPS) is 12.4. The molecule has 0 saturated carbocycles. The molecule has 0 fully saturated rings. The van der Waals surface area contributed by atoms with Gasteiger partial charge in [0.05, 0.1) is 0 Å². The number of pyridine rings is 1. The molecule has 2 rings (SSSR count). The maximum absolute atomic E-state index is 13.2. The first-order chi connectivity index (χ1) is 15.2. The van der Waals surface area contributed by atoms with Crippen LogP contribution in [0.2, 0.25) is 0 Å². The standard InChI is InChI=1S/C21H25IN6O4/c1-14(29)28(18(30)16-6-10-25-11-7-16)21(19(31)32,8-3-9-26-20(23)24)27-13-15-4-2-5-17(22)12-15/h2,4-7,10-12,27H,3,8-9,13H2,1H3,(H,31,32)(H4,23,24,26)/t21-/m0/s1. The van der Waals surface area contributed by atoms with Gasteiger partial charge in [-0.05, 0) is 65.3 Å². The minimum Gasteiger partial charge on any atom is -0.478 e. The summed E-state index contributed by atoms with van der Waals surface area (Å²) in [5.41, 5.74) is 9.62. The Morgan fingerprint density at radius 1 is 1.22 bits per heavy atom. The number of benzene rings is 1. The van der Waals surface area contributed by atoms with Crippen molar-refractivity contribution in [1.29, 1.82) is 0 Å². The lowest BCUT2D eigenvalue weighted by molar-refractivity contribution is -0.159. The molecule has 1 aromatic carbocycles. The van der Waals surface area contributed by atoms with E-state index in [2.05, 4.69) is 37.9 Å². The fourth-order valence-corrected chi connectivity index (χ4v) is 3.81. The van der Waals surface area contributed by atoms with Gasteiger partial charge in [0, 0.05) is 41.5 Å². The Hall–Kier alpha value is -3.06. The summed E-state index contributed by atoms with van der Waals surface area (Å²) in [7, 11) is 0. The number of aliphatic imine (C=N–C) groups is 1. The number of hydrogen-bond acceptors (Lipinski definition) is 6. The topological polar surface area (TPSA) is 164 Å². The number of hydrogen-bond donors (Lipinski definition) is 4. The third-order valence-electron chi connectivity index (χ3n) is 4.65. The average molecular weight is 552 g/mol. The van der Waals surface area contributed by atoms with Crippen LogP contribution in [-0.4, -0.2) is 50.9 Å². The number of carboxylic acid groups (broad SMARTS) is 1. The summed E-state index contributed by atoms with van der Waals surface area (Å²) in [5, 5.41) is 13.2. The third-order valence-corrected chi connectivity index (χ3v) is 5.32. The molecule has 2 amide bonds. The van der Waals surface area contributed by atoms with E-state index in [9.17, 15) is 19.5 Å². The van der Waals surface area contributed by atoms with Gasteiger partial charge in [-0.15, -0.1) is 0 Å². The zero-order valence-corrected chi connectivity index (χ0v) is 19.7. The van der Waals surface area contributed by atoms with Crippen LogP contribution in [-0.2, 0) is 16.1 Å². The summed E-state index contributed by atoms with van der Waals surface area (Å²) in [6, 6.07) is 10.3. The molecule has 0 aliphatic rings. The number of nitrogens with zero attached hydrogens (tertiary/aromatic N) is 3. The van der Waals surface area contributed by atoms with Crippen LogP contribution >= 0.6 is 22.6 Å². The Bertz CT molecular complexity index is 997. The van der Waals surface area contributed by atoms with Crippen LogP contribution in [0.3, 0.4) is 0 Å². The number of halogens is 1. The van der Waals surface area contributed by atoms with E-state index in [0.717, 1.165) is 21.0 Å². The largest absolute Gasteiger partial charge is 0.478 e.